The van der Waals surface area contributed by atoms with Gasteiger partial charge in [0.15, 0.2) is 11.5 Å². The number of rotatable bonds is 5. The summed E-state index contributed by atoms with van der Waals surface area (Å²) >= 11 is 6.81. The number of halogens is 1. The van der Waals surface area contributed by atoms with Crippen LogP contribution in [0.15, 0.2) is 41.3 Å². The summed E-state index contributed by atoms with van der Waals surface area (Å²) in [4.78, 5) is 38.3. The summed E-state index contributed by atoms with van der Waals surface area (Å²) in [5.41, 5.74) is 1.11. The maximum Gasteiger partial charge on any atom is 0.294 e. The molecule has 4 rings (SSSR count). The first-order chi connectivity index (χ1) is 14.4. The molecule has 2 aromatic carbocycles. The van der Waals surface area contributed by atoms with E-state index >= 15 is 0 Å². The quantitative estimate of drug-likeness (QED) is 0.699. The molecule has 0 radical (unpaired) electrons. The number of carbonyl (C=O) groups is 3. The van der Waals surface area contributed by atoms with Gasteiger partial charge in [0.2, 0.25) is 12.7 Å². The molecule has 8 nitrogen and oxygen atoms in total. The van der Waals surface area contributed by atoms with Gasteiger partial charge in [0, 0.05) is 5.69 Å². The van der Waals surface area contributed by atoms with Crippen molar-refractivity contribution >= 4 is 52.2 Å². The number of hydrogen-bond donors (Lipinski definition) is 1. The largest absolute Gasteiger partial charge is 0.495 e. The first-order valence-electron chi connectivity index (χ1n) is 8.73. The number of thioether (sulfide) groups is 1. The molecule has 0 aliphatic carbocycles. The Hall–Kier alpha value is -3.17. The van der Waals surface area contributed by atoms with E-state index in [2.05, 4.69) is 5.32 Å². The van der Waals surface area contributed by atoms with Gasteiger partial charge in [0.05, 0.1) is 17.0 Å². The zero-order chi connectivity index (χ0) is 21.3. The van der Waals surface area contributed by atoms with Gasteiger partial charge in [-0.1, -0.05) is 17.7 Å². The third-order valence-corrected chi connectivity index (χ3v) is 5.51. The van der Waals surface area contributed by atoms with Crippen molar-refractivity contribution < 1.29 is 28.6 Å². The van der Waals surface area contributed by atoms with Crippen LogP contribution in [-0.4, -0.2) is 42.4 Å². The van der Waals surface area contributed by atoms with Crippen LogP contribution in [0, 0.1) is 0 Å². The first-order valence-corrected chi connectivity index (χ1v) is 9.92. The summed E-state index contributed by atoms with van der Waals surface area (Å²) < 4.78 is 15.6. The summed E-state index contributed by atoms with van der Waals surface area (Å²) in [7, 11) is 1.48. The van der Waals surface area contributed by atoms with Crippen LogP contribution in [0.4, 0.5) is 10.5 Å². The fraction of sp³-hybridized carbons (Fsp3) is 0.150. The number of benzene rings is 2. The SMILES string of the molecule is COc1ccc(NC(=O)CN2C(=O)S/C(=C/c3ccc4c(c3)OCO4)C2=O)cc1Cl. The van der Waals surface area contributed by atoms with E-state index < -0.39 is 23.6 Å². The monoisotopic (exact) mass is 446 g/mol. The molecule has 2 aliphatic rings. The lowest BCUT2D eigenvalue weighted by Gasteiger charge is -2.13. The molecule has 0 unspecified atom stereocenters. The van der Waals surface area contributed by atoms with Gasteiger partial charge in [-0.05, 0) is 53.7 Å². The summed E-state index contributed by atoms with van der Waals surface area (Å²) in [5, 5.41) is 2.42. The fourth-order valence-corrected chi connectivity index (χ4v) is 3.97. The van der Waals surface area contributed by atoms with Gasteiger partial charge in [0.25, 0.3) is 11.1 Å². The molecule has 1 N–H and O–H groups in total. The number of imide groups is 1. The number of hydrogen-bond acceptors (Lipinski definition) is 7. The zero-order valence-corrected chi connectivity index (χ0v) is 17.2. The smallest absolute Gasteiger partial charge is 0.294 e. The molecular weight excluding hydrogens is 432 g/mol. The Kier molecular flexibility index (Phi) is 5.56. The van der Waals surface area contributed by atoms with Gasteiger partial charge in [0.1, 0.15) is 12.3 Å². The van der Waals surface area contributed by atoms with E-state index in [0.717, 1.165) is 16.7 Å². The van der Waals surface area contributed by atoms with Crippen molar-refractivity contribution in [1.82, 2.24) is 4.90 Å². The molecular formula is C20H15ClN2O6S. The van der Waals surface area contributed by atoms with Crippen molar-refractivity contribution in [3.63, 3.8) is 0 Å². The highest BCUT2D eigenvalue weighted by Gasteiger charge is 2.36. The number of methoxy groups -OCH3 is 1. The van der Waals surface area contributed by atoms with Gasteiger partial charge in [-0.2, -0.15) is 0 Å². The van der Waals surface area contributed by atoms with Crippen LogP contribution in [0.1, 0.15) is 5.56 Å². The van der Waals surface area contributed by atoms with Gasteiger partial charge < -0.3 is 19.5 Å². The normalized spacial score (nSPS) is 16.3. The number of amides is 3. The van der Waals surface area contributed by atoms with Gasteiger partial charge in [-0.15, -0.1) is 0 Å². The predicted octanol–water partition coefficient (Wildman–Crippen LogP) is 3.75. The molecule has 1 saturated heterocycles. The van der Waals surface area contributed by atoms with E-state index in [1.165, 1.54) is 13.2 Å². The summed E-state index contributed by atoms with van der Waals surface area (Å²) in [6, 6.07) is 9.93. The van der Waals surface area contributed by atoms with E-state index in [4.69, 9.17) is 25.8 Å². The predicted molar refractivity (Wildman–Crippen MR) is 112 cm³/mol. The van der Waals surface area contributed by atoms with Gasteiger partial charge in [-0.3, -0.25) is 19.3 Å². The minimum absolute atomic E-state index is 0.143. The number of carbonyl (C=O) groups excluding carboxylic acids is 3. The second-order valence-corrected chi connectivity index (χ2v) is 7.68. The van der Waals surface area contributed by atoms with Crippen LogP contribution in [0.5, 0.6) is 17.2 Å². The summed E-state index contributed by atoms with van der Waals surface area (Å²) in [6.45, 7) is -0.267. The van der Waals surface area contributed by atoms with Crippen LogP contribution in [-0.2, 0) is 9.59 Å². The molecule has 2 heterocycles. The Morgan fingerprint density at radius 2 is 2.03 bits per heavy atom. The van der Waals surface area contributed by atoms with Crippen molar-refractivity contribution in [1.29, 1.82) is 0 Å². The first kappa shape index (κ1) is 20.1. The molecule has 1 fully saturated rings. The van der Waals surface area contributed by atoms with Crippen LogP contribution in [0.25, 0.3) is 6.08 Å². The molecule has 2 aliphatic heterocycles. The number of fused-ring (bicyclic) bond motifs is 1. The Labute approximate surface area is 180 Å². The highest BCUT2D eigenvalue weighted by Crippen LogP contribution is 2.36. The molecule has 0 aromatic heterocycles. The van der Waals surface area contributed by atoms with Gasteiger partial charge in [-0.25, -0.2) is 0 Å². The minimum Gasteiger partial charge on any atom is -0.495 e. The van der Waals surface area contributed by atoms with Crippen molar-refractivity contribution in [2.24, 2.45) is 0 Å². The molecule has 0 bridgehead atoms. The van der Waals surface area contributed by atoms with Crippen LogP contribution >= 0.6 is 23.4 Å². The Morgan fingerprint density at radius 1 is 1.23 bits per heavy atom. The Bertz CT molecular complexity index is 1090. The minimum atomic E-state index is -0.536. The topological polar surface area (TPSA) is 94.2 Å². The number of nitrogens with zero attached hydrogens (tertiary/aromatic N) is 1. The molecule has 0 spiro atoms. The van der Waals surface area contributed by atoms with Gasteiger partial charge >= 0.3 is 0 Å². The Morgan fingerprint density at radius 3 is 2.80 bits per heavy atom. The van der Waals surface area contributed by atoms with E-state index in [9.17, 15) is 14.4 Å². The molecule has 10 heteroatoms. The number of ether oxygens (including phenoxy) is 3. The van der Waals surface area contributed by atoms with Crippen LogP contribution in [0.2, 0.25) is 5.02 Å². The lowest BCUT2D eigenvalue weighted by Crippen LogP contribution is -2.36. The molecule has 3 amide bonds. The highest BCUT2D eigenvalue weighted by atomic mass is 35.5. The standard InChI is InChI=1S/C20H15ClN2O6S/c1-27-14-5-3-12(8-13(14)21)22-18(24)9-23-19(25)17(30-20(23)26)7-11-2-4-15-16(6-11)29-10-28-15/h2-8H,9-10H2,1H3,(H,22,24)/b17-7+. The third kappa shape index (κ3) is 4.07. The van der Waals surface area contributed by atoms with Crippen LogP contribution in [0.3, 0.4) is 0 Å². The second-order valence-electron chi connectivity index (χ2n) is 6.28. The summed E-state index contributed by atoms with van der Waals surface area (Å²) in [6.07, 6.45) is 1.58. The molecule has 0 atom stereocenters. The van der Waals surface area contributed by atoms with Crippen molar-refractivity contribution in [3.8, 4) is 17.2 Å². The Balaban J connectivity index is 1.43. The maximum absolute atomic E-state index is 12.6. The third-order valence-electron chi connectivity index (χ3n) is 4.31. The second kappa shape index (κ2) is 8.29. The summed E-state index contributed by atoms with van der Waals surface area (Å²) in [5.74, 6) is 0.596. The average molecular weight is 447 g/mol. The average Bonchev–Trinajstić information content (AvgIpc) is 3.28. The lowest BCUT2D eigenvalue weighted by atomic mass is 10.2. The van der Waals surface area contributed by atoms with E-state index in [1.807, 2.05) is 0 Å². The molecule has 2 aromatic rings. The molecule has 30 heavy (non-hydrogen) atoms. The van der Waals surface area contributed by atoms with E-state index in [-0.39, 0.29) is 11.7 Å². The van der Waals surface area contributed by atoms with Crippen molar-refractivity contribution in [3.05, 3.63) is 51.9 Å². The van der Waals surface area contributed by atoms with Crippen molar-refractivity contribution in [2.75, 3.05) is 25.8 Å². The van der Waals surface area contributed by atoms with Crippen molar-refractivity contribution in [2.45, 2.75) is 0 Å². The molecule has 154 valence electrons. The highest BCUT2D eigenvalue weighted by molar-refractivity contribution is 8.18. The number of anilines is 1. The number of nitrogens with one attached hydrogen (secondary N) is 1. The fourth-order valence-electron chi connectivity index (χ4n) is 2.88. The lowest BCUT2D eigenvalue weighted by molar-refractivity contribution is -0.127. The van der Waals surface area contributed by atoms with Crippen LogP contribution < -0.4 is 19.5 Å². The molecule has 0 saturated carbocycles. The van der Waals surface area contributed by atoms with E-state index in [0.29, 0.717) is 33.5 Å². The zero-order valence-electron chi connectivity index (χ0n) is 15.6. The maximum atomic E-state index is 12.6. The van der Waals surface area contributed by atoms with E-state index in [1.54, 1.807) is 36.4 Å².